The normalized spacial score (nSPS) is 13.0. The maximum Gasteiger partial charge on any atom is 0.264 e. The van der Waals surface area contributed by atoms with Gasteiger partial charge in [0.05, 0.1) is 4.90 Å². The van der Waals surface area contributed by atoms with Crippen molar-refractivity contribution in [3.63, 3.8) is 0 Å². The van der Waals surface area contributed by atoms with Crippen molar-refractivity contribution in [2.75, 3.05) is 6.54 Å². The third-order valence-electron chi connectivity index (χ3n) is 2.57. The minimum absolute atomic E-state index is 0.0882. The molecule has 0 aliphatic rings. The summed E-state index contributed by atoms with van der Waals surface area (Å²) in [7, 11) is -3.74. The van der Waals surface area contributed by atoms with Crippen molar-refractivity contribution in [1.82, 2.24) is 4.72 Å². The molecule has 1 aromatic carbocycles. The van der Waals surface area contributed by atoms with Crippen molar-refractivity contribution < 1.29 is 13.2 Å². The number of carbonyl (C=O) groups is 1. The van der Waals surface area contributed by atoms with Crippen molar-refractivity contribution >= 4 is 15.9 Å². The van der Waals surface area contributed by atoms with E-state index in [1.54, 1.807) is 18.2 Å². The molecule has 1 aromatic rings. The fourth-order valence-electron chi connectivity index (χ4n) is 1.35. The quantitative estimate of drug-likeness (QED) is 0.802. The van der Waals surface area contributed by atoms with Gasteiger partial charge < -0.3 is 5.73 Å². The number of benzene rings is 1. The molecule has 5 nitrogen and oxygen atoms in total. The Labute approximate surface area is 107 Å². The molecule has 0 spiro atoms. The molecule has 0 bridgehead atoms. The summed E-state index contributed by atoms with van der Waals surface area (Å²) in [5.74, 6) is -0.297. The highest BCUT2D eigenvalue weighted by molar-refractivity contribution is 7.90. The Hall–Kier alpha value is -1.40. The third kappa shape index (κ3) is 4.46. The van der Waals surface area contributed by atoms with Gasteiger partial charge >= 0.3 is 0 Å². The molecule has 0 fully saturated rings. The topological polar surface area (TPSA) is 89.3 Å². The van der Waals surface area contributed by atoms with Crippen LogP contribution >= 0.6 is 0 Å². The molecule has 1 rings (SSSR count). The molecule has 0 aromatic heterocycles. The second-order valence-corrected chi connectivity index (χ2v) is 5.90. The van der Waals surface area contributed by atoms with Crippen LogP contribution in [0.15, 0.2) is 35.2 Å². The Morgan fingerprint density at radius 3 is 2.50 bits per heavy atom. The van der Waals surface area contributed by atoms with Gasteiger partial charge in [0.1, 0.15) is 0 Å². The number of hydrogen-bond acceptors (Lipinski definition) is 4. The van der Waals surface area contributed by atoms with Crippen LogP contribution in [0.4, 0.5) is 0 Å². The first-order valence-corrected chi connectivity index (χ1v) is 7.25. The van der Waals surface area contributed by atoms with Gasteiger partial charge in [0, 0.05) is 6.42 Å². The summed E-state index contributed by atoms with van der Waals surface area (Å²) in [5.41, 5.74) is 5.43. The molecule has 0 heterocycles. The minimum Gasteiger partial charge on any atom is -0.330 e. The zero-order valence-corrected chi connectivity index (χ0v) is 11.1. The summed E-state index contributed by atoms with van der Waals surface area (Å²) in [6.45, 7) is 2.40. The Kier molecular flexibility index (Phi) is 5.30. The predicted molar refractivity (Wildman–Crippen MR) is 69.2 cm³/mol. The van der Waals surface area contributed by atoms with E-state index in [1.807, 2.05) is 11.6 Å². The fourth-order valence-corrected chi connectivity index (χ4v) is 2.39. The minimum atomic E-state index is -3.74. The first kappa shape index (κ1) is 14.7. The first-order chi connectivity index (χ1) is 8.45. The van der Waals surface area contributed by atoms with Crippen LogP contribution < -0.4 is 10.5 Å². The SMILES string of the molecule is CC(CN)CCC(=O)NS(=O)(=O)c1ccccc1. The number of nitrogens with two attached hydrogens (primary N) is 1. The van der Waals surface area contributed by atoms with Crippen LogP contribution in [0, 0.1) is 5.92 Å². The molecule has 1 amide bonds. The maximum atomic E-state index is 11.8. The smallest absolute Gasteiger partial charge is 0.264 e. The van der Waals surface area contributed by atoms with E-state index >= 15 is 0 Å². The molecule has 100 valence electrons. The van der Waals surface area contributed by atoms with E-state index in [9.17, 15) is 13.2 Å². The van der Waals surface area contributed by atoms with Crippen LogP contribution in [0.5, 0.6) is 0 Å². The number of hydrogen-bond donors (Lipinski definition) is 2. The van der Waals surface area contributed by atoms with Gasteiger partial charge in [0.15, 0.2) is 0 Å². The lowest BCUT2D eigenvalue weighted by Crippen LogP contribution is -2.30. The van der Waals surface area contributed by atoms with Crippen molar-refractivity contribution in [2.45, 2.75) is 24.7 Å². The first-order valence-electron chi connectivity index (χ1n) is 5.76. The standard InChI is InChI=1S/C12H18N2O3S/c1-10(9-13)7-8-12(15)14-18(16,17)11-5-3-2-4-6-11/h2-6,10H,7-9,13H2,1H3,(H,14,15). The summed E-state index contributed by atoms with van der Waals surface area (Å²) in [4.78, 5) is 11.6. The van der Waals surface area contributed by atoms with Crippen LogP contribution in [0.3, 0.4) is 0 Å². The molecule has 0 aliphatic heterocycles. The summed E-state index contributed by atoms with van der Waals surface area (Å²) in [5, 5.41) is 0. The van der Waals surface area contributed by atoms with Gasteiger partial charge in [0.2, 0.25) is 5.91 Å². The van der Waals surface area contributed by atoms with Crippen LogP contribution in [0.2, 0.25) is 0 Å². The van der Waals surface area contributed by atoms with E-state index in [1.165, 1.54) is 12.1 Å². The number of rotatable bonds is 6. The van der Waals surface area contributed by atoms with Crippen LogP contribution in [-0.4, -0.2) is 20.9 Å². The van der Waals surface area contributed by atoms with Gasteiger partial charge in [-0.2, -0.15) is 0 Å². The lowest BCUT2D eigenvalue weighted by Gasteiger charge is -2.09. The van der Waals surface area contributed by atoms with E-state index in [0.29, 0.717) is 13.0 Å². The van der Waals surface area contributed by atoms with Gasteiger partial charge in [0.25, 0.3) is 10.0 Å². The molecule has 6 heteroatoms. The van der Waals surface area contributed by atoms with Gasteiger partial charge in [-0.25, -0.2) is 13.1 Å². The second kappa shape index (κ2) is 6.51. The van der Waals surface area contributed by atoms with Gasteiger partial charge in [-0.3, -0.25) is 4.79 Å². The molecule has 3 N–H and O–H groups in total. The number of amides is 1. The molecule has 1 unspecified atom stereocenters. The van der Waals surface area contributed by atoms with Gasteiger partial charge in [-0.05, 0) is 31.0 Å². The fraction of sp³-hybridized carbons (Fsp3) is 0.417. The van der Waals surface area contributed by atoms with E-state index in [-0.39, 0.29) is 17.2 Å². The highest BCUT2D eigenvalue weighted by Gasteiger charge is 2.17. The molecule has 0 radical (unpaired) electrons. The van der Waals surface area contributed by atoms with Crippen molar-refractivity contribution in [3.8, 4) is 0 Å². The Morgan fingerprint density at radius 2 is 1.94 bits per heavy atom. The molecular weight excluding hydrogens is 252 g/mol. The number of carbonyl (C=O) groups excluding carboxylic acids is 1. The van der Waals surface area contributed by atoms with Crippen molar-refractivity contribution in [3.05, 3.63) is 30.3 Å². The summed E-state index contributed by atoms with van der Waals surface area (Å²) >= 11 is 0. The van der Waals surface area contributed by atoms with E-state index in [4.69, 9.17) is 5.73 Å². The molecule has 18 heavy (non-hydrogen) atoms. The van der Waals surface area contributed by atoms with Crippen LogP contribution in [0.1, 0.15) is 19.8 Å². The molecule has 1 atom stereocenters. The Bertz CT molecular complexity index is 485. The highest BCUT2D eigenvalue weighted by atomic mass is 32.2. The van der Waals surface area contributed by atoms with E-state index in [2.05, 4.69) is 0 Å². The molecule has 0 saturated carbocycles. The summed E-state index contributed by atoms with van der Waals surface area (Å²) < 4.78 is 25.6. The monoisotopic (exact) mass is 270 g/mol. The highest BCUT2D eigenvalue weighted by Crippen LogP contribution is 2.08. The average Bonchev–Trinajstić information content (AvgIpc) is 2.36. The van der Waals surface area contributed by atoms with E-state index in [0.717, 1.165) is 0 Å². The van der Waals surface area contributed by atoms with Gasteiger partial charge in [-0.15, -0.1) is 0 Å². The zero-order valence-electron chi connectivity index (χ0n) is 10.3. The lowest BCUT2D eigenvalue weighted by atomic mass is 10.1. The summed E-state index contributed by atoms with van der Waals surface area (Å²) in [6, 6.07) is 7.81. The average molecular weight is 270 g/mol. The third-order valence-corrected chi connectivity index (χ3v) is 3.96. The van der Waals surface area contributed by atoms with Crippen LogP contribution in [-0.2, 0) is 14.8 Å². The maximum absolute atomic E-state index is 11.8. The van der Waals surface area contributed by atoms with Crippen molar-refractivity contribution in [2.24, 2.45) is 11.7 Å². The number of sulfonamides is 1. The Morgan fingerprint density at radius 1 is 1.33 bits per heavy atom. The van der Waals surface area contributed by atoms with Gasteiger partial charge in [-0.1, -0.05) is 25.1 Å². The molecule has 0 saturated heterocycles. The molecular formula is C12H18N2O3S. The van der Waals surface area contributed by atoms with Crippen LogP contribution in [0.25, 0.3) is 0 Å². The number of nitrogens with one attached hydrogen (secondary N) is 1. The lowest BCUT2D eigenvalue weighted by molar-refractivity contribution is -0.119. The second-order valence-electron chi connectivity index (χ2n) is 4.22. The Balaban J connectivity index is 2.59. The zero-order chi connectivity index (χ0) is 13.6. The largest absolute Gasteiger partial charge is 0.330 e. The molecule has 0 aliphatic carbocycles. The van der Waals surface area contributed by atoms with Crippen molar-refractivity contribution in [1.29, 1.82) is 0 Å². The summed E-state index contributed by atoms with van der Waals surface area (Å²) in [6.07, 6.45) is 0.733. The predicted octanol–water partition coefficient (Wildman–Crippen LogP) is 0.866. The van der Waals surface area contributed by atoms with E-state index < -0.39 is 15.9 Å².